The fourth-order valence-corrected chi connectivity index (χ4v) is 3.08. The summed E-state index contributed by atoms with van der Waals surface area (Å²) in [7, 11) is 0. The molecule has 1 heterocycles. The minimum absolute atomic E-state index is 0.303. The third kappa shape index (κ3) is 4.11. The first-order valence-electron chi connectivity index (χ1n) is 7.76. The van der Waals surface area contributed by atoms with Crippen molar-refractivity contribution in [3.05, 3.63) is 70.3 Å². The smallest absolute Gasteiger partial charge is 0.134 e. The molecule has 0 radical (unpaired) electrons. The summed E-state index contributed by atoms with van der Waals surface area (Å²) in [5.74, 6) is 0.512. The van der Waals surface area contributed by atoms with Gasteiger partial charge in [0.05, 0.1) is 17.9 Å². The summed E-state index contributed by atoms with van der Waals surface area (Å²) in [5.41, 5.74) is 2.98. The zero-order chi connectivity index (χ0) is 17.6. The van der Waals surface area contributed by atoms with Crippen LogP contribution < -0.4 is 4.74 Å². The fraction of sp³-hybridized carbons (Fsp3) is 0.100. The molecule has 0 amide bonds. The highest BCUT2D eigenvalue weighted by atomic mass is 32.1. The number of hydrogen-bond donors (Lipinski definition) is 0. The molecule has 0 aliphatic heterocycles. The fourth-order valence-electron chi connectivity index (χ4n) is 2.29. The summed E-state index contributed by atoms with van der Waals surface area (Å²) in [5, 5.41) is 12.0. The molecule has 0 saturated carbocycles. The van der Waals surface area contributed by atoms with Crippen molar-refractivity contribution in [3.63, 3.8) is 0 Å². The molecular formula is C20H15FN2OS. The van der Waals surface area contributed by atoms with Gasteiger partial charge in [0.2, 0.25) is 0 Å². The van der Waals surface area contributed by atoms with Gasteiger partial charge >= 0.3 is 0 Å². The third-order valence-electron chi connectivity index (χ3n) is 3.50. The van der Waals surface area contributed by atoms with Gasteiger partial charge < -0.3 is 4.74 Å². The van der Waals surface area contributed by atoms with E-state index in [4.69, 9.17) is 4.74 Å². The van der Waals surface area contributed by atoms with Crippen LogP contribution >= 0.6 is 11.3 Å². The highest BCUT2D eigenvalue weighted by Crippen LogP contribution is 2.28. The van der Waals surface area contributed by atoms with Gasteiger partial charge in [0.15, 0.2) is 0 Å². The predicted molar refractivity (Wildman–Crippen MR) is 98.6 cm³/mol. The molecule has 0 atom stereocenters. The van der Waals surface area contributed by atoms with Crippen LogP contribution in [0.2, 0.25) is 0 Å². The molecule has 0 aliphatic carbocycles. The summed E-state index contributed by atoms with van der Waals surface area (Å²) in [6.45, 7) is 2.57. The molecule has 0 bridgehead atoms. The average molecular weight is 350 g/mol. The molecule has 0 N–H and O–H groups in total. The third-order valence-corrected chi connectivity index (χ3v) is 4.37. The van der Waals surface area contributed by atoms with E-state index >= 15 is 0 Å². The van der Waals surface area contributed by atoms with Crippen LogP contribution in [-0.2, 0) is 0 Å². The van der Waals surface area contributed by atoms with Gasteiger partial charge in [-0.3, -0.25) is 0 Å². The van der Waals surface area contributed by atoms with Gasteiger partial charge in [-0.05, 0) is 55.0 Å². The summed E-state index contributed by atoms with van der Waals surface area (Å²) in [6, 6.07) is 15.9. The van der Waals surface area contributed by atoms with Crippen LogP contribution in [0.1, 0.15) is 17.5 Å². The summed E-state index contributed by atoms with van der Waals surface area (Å²) >= 11 is 1.41. The molecule has 3 rings (SSSR count). The maximum atomic E-state index is 13.0. The Labute approximate surface area is 149 Å². The number of hydrogen-bond acceptors (Lipinski definition) is 4. The van der Waals surface area contributed by atoms with E-state index in [9.17, 15) is 9.65 Å². The number of allylic oxidation sites excluding steroid dienone is 1. The Morgan fingerprint density at radius 3 is 2.56 bits per heavy atom. The number of thiazole rings is 1. The molecule has 0 spiro atoms. The summed E-state index contributed by atoms with van der Waals surface area (Å²) < 4.78 is 18.4. The lowest BCUT2D eigenvalue weighted by atomic mass is 10.1. The number of nitriles is 1. The molecule has 5 heteroatoms. The minimum atomic E-state index is -0.303. The quantitative estimate of drug-likeness (QED) is 0.578. The van der Waals surface area contributed by atoms with Crippen molar-refractivity contribution in [1.29, 1.82) is 5.26 Å². The van der Waals surface area contributed by atoms with Crippen molar-refractivity contribution in [2.75, 3.05) is 6.61 Å². The number of halogens is 1. The SMILES string of the molecule is CCOc1ccc(-c2csc(C(C#N)=Cc3ccc(F)cc3)n2)cc1. The molecular weight excluding hydrogens is 335 g/mol. The molecule has 0 saturated heterocycles. The van der Waals surface area contributed by atoms with E-state index in [1.165, 1.54) is 23.5 Å². The van der Waals surface area contributed by atoms with Crippen molar-refractivity contribution in [3.8, 4) is 23.1 Å². The maximum Gasteiger partial charge on any atom is 0.134 e. The van der Waals surface area contributed by atoms with E-state index in [0.29, 0.717) is 17.2 Å². The minimum Gasteiger partial charge on any atom is -0.494 e. The van der Waals surface area contributed by atoms with Gasteiger partial charge in [0.25, 0.3) is 0 Å². The summed E-state index contributed by atoms with van der Waals surface area (Å²) in [4.78, 5) is 4.55. The first-order valence-corrected chi connectivity index (χ1v) is 8.64. The molecule has 3 aromatic rings. The maximum absolute atomic E-state index is 13.0. The number of ether oxygens (including phenoxy) is 1. The second-order valence-electron chi connectivity index (χ2n) is 5.22. The van der Waals surface area contributed by atoms with Crippen molar-refractivity contribution in [2.24, 2.45) is 0 Å². The Morgan fingerprint density at radius 2 is 1.92 bits per heavy atom. The monoisotopic (exact) mass is 350 g/mol. The van der Waals surface area contributed by atoms with Crippen LogP contribution in [0.5, 0.6) is 5.75 Å². The Hall–Kier alpha value is -2.97. The number of benzene rings is 2. The van der Waals surface area contributed by atoms with Gasteiger partial charge in [0, 0.05) is 10.9 Å². The first kappa shape index (κ1) is 16.9. The average Bonchev–Trinajstić information content (AvgIpc) is 3.12. The van der Waals surface area contributed by atoms with E-state index in [1.807, 2.05) is 36.6 Å². The van der Waals surface area contributed by atoms with Crippen molar-refractivity contribution < 1.29 is 9.13 Å². The Kier molecular flexibility index (Phi) is 5.22. The lowest BCUT2D eigenvalue weighted by Gasteiger charge is -2.03. The second-order valence-corrected chi connectivity index (χ2v) is 6.07. The standard InChI is InChI=1S/C20H15FN2OS/c1-2-24-18-9-5-15(6-10-18)19-13-25-20(23-19)16(12-22)11-14-3-7-17(21)8-4-14/h3-11,13H,2H2,1H3. The molecule has 3 nitrogen and oxygen atoms in total. The molecule has 0 fully saturated rings. The summed E-state index contributed by atoms with van der Waals surface area (Å²) in [6.07, 6.45) is 1.71. The van der Waals surface area contributed by atoms with Gasteiger partial charge in [-0.15, -0.1) is 11.3 Å². The normalized spacial score (nSPS) is 11.2. The lowest BCUT2D eigenvalue weighted by Crippen LogP contribution is -1.90. The van der Waals surface area contributed by atoms with Gasteiger partial charge in [-0.2, -0.15) is 5.26 Å². The van der Waals surface area contributed by atoms with Gasteiger partial charge in [-0.25, -0.2) is 9.37 Å². The Bertz CT molecular complexity index is 922. The van der Waals surface area contributed by atoms with Gasteiger partial charge in [-0.1, -0.05) is 12.1 Å². The van der Waals surface area contributed by atoms with Gasteiger partial charge in [0.1, 0.15) is 22.6 Å². The van der Waals surface area contributed by atoms with Crippen LogP contribution in [0.25, 0.3) is 22.9 Å². The number of aromatic nitrogens is 1. The van der Waals surface area contributed by atoms with Crippen LogP contribution in [0, 0.1) is 17.1 Å². The van der Waals surface area contributed by atoms with Crippen LogP contribution in [0.4, 0.5) is 4.39 Å². The molecule has 124 valence electrons. The number of rotatable bonds is 5. The second kappa shape index (κ2) is 7.73. The zero-order valence-corrected chi connectivity index (χ0v) is 14.4. The molecule has 25 heavy (non-hydrogen) atoms. The van der Waals surface area contributed by atoms with Crippen LogP contribution in [0.15, 0.2) is 53.9 Å². The van der Waals surface area contributed by atoms with Crippen molar-refractivity contribution in [2.45, 2.75) is 6.92 Å². The largest absolute Gasteiger partial charge is 0.494 e. The predicted octanol–water partition coefficient (Wildman–Crippen LogP) is 5.41. The van der Waals surface area contributed by atoms with E-state index in [0.717, 1.165) is 22.6 Å². The van der Waals surface area contributed by atoms with Crippen LogP contribution in [0.3, 0.4) is 0 Å². The highest BCUT2D eigenvalue weighted by molar-refractivity contribution is 7.11. The van der Waals surface area contributed by atoms with E-state index in [1.54, 1.807) is 18.2 Å². The molecule has 0 unspecified atom stereocenters. The van der Waals surface area contributed by atoms with Crippen molar-refractivity contribution >= 4 is 23.0 Å². The molecule has 1 aromatic heterocycles. The molecule has 0 aliphatic rings. The van der Waals surface area contributed by atoms with E-state index in [-0.39, 0.29) is 5.82 Å². The zero-order valence-electron chi connectivity index (χ0n) is 13.6. The Balaban J connectivity index is 1.86. The highest BCUT2D eigenvalue weighted by Gasteiger charge is 2.09. The first-order chi connectivity index (χ1) is 12.2. The topological polar surface area (TPSA) is 45.9 Å². The van der Waals surface area contributed by atoms with E-state index in [2.05, 4.69) is 11.1 Å². The number of nitrogens with zero attached hydrogens (tertiary/aromatic N) is 2. The van der Waals surface area contributed by atoms with Crippen LogP contribution in [-0.4, -0.2) is 11.6 Å². The Morgan fingerprint density at radius 1 is 1.20 bits per heavy atom. The lowest BCUT2D eigenvalue weighted by molar-refractivity contribution is 0.340. The molecule has 2 aromatic carbocycles. The van der Waals surface area contributed by atoms with E-state index < -0.39 is 0 Å². The van der Waals surface area contributed by atoms with Crippen molar-refractivity contribution in [1.82, 2.24) is 4.98 Å².